The summed E-state index contributed by atoms with van der Waals surface area (Å²) in [6.45, 7) is 4.93. The highest BCUT2D eigenvalue weighted by Crippen LogP contribution is 2.18. The average molecular weight is 494 g/mol. The zero-order valence-corrected chi connectivity index (χ0v) is 19.3. The van der Waals surface area contributed by atoms with Gasteiger partial charge in [0, 0.05) is 40.3 Å². The number of nitrogens with one attached hydrogen (secondary N) is 1. The molecule has 1 saturated heterocycles. The van der Waals surface area contributed by atoms with Crippen LogP contribution in [0.1, 0.15) is 24.0 Å². The molecule has 1 aliphatic rings. The van der Waals surface area contributed by atoms with Crippen molar-refractivity contribution in [1.29, 1.82) is 0 Å². The first-order chi connectivity index (χ1) is 11.8. The summed E-state index contributed by atoms with van der Waals surface area (Å²) >= 11 is 0. The summed E-state index contributed by atoms with van der Waals surface area (Å²) < 4.78 is 24.7. The second-order valence-corrected chi connectivity index (χ2v) is 8.86. The van der Waals surface area contributed by atoms with Crippen LogP contribution in [0.25, 0.3) is 0 Å². The molecular formula is C18H31IN4O2S. The van der Waals surface area contributed by atoms with Gasteiger partial charge in [0.25, 0.3) is 0 Å². The van der Waals surface area contributed by atoms with Crippen LogP contribution >= 0.6 is 24.0 Å². The molecule has 0 aliphatic carbocycles. The van der Waals surface area contributed by atoms with Gasteiger partial charge in [-0.15, -0.1) is 24.0 Å². The summed E-state index contributed by atoms with van der Waals surface area (Å²) in [5.41, 5.74) is 2.51. The van der Waals surface area contributed by atoms with Crippen molar-refractivity contribution >= 4 is 40.0 Å². The van der Waals surface area contributed by atoms with E-state index in [1.54, 1.807) is 11.4 Å². The maximum atomic E-state index is 11.6. The minimum atomic E-state index is -3.06. The Bertz CT molecular complexity index is 684. The second kappa shape index (κ2) is 10.5. The first-order valence-electron chi connectivity index (χ1n) is 8.72. The molecule has 1 N–H and O–H groups in total. The molecule has 0 radical (unpaired) electrons. The third-order valence-corrected chi connectivity index (χ3v) is 6.01. The third kappa shape index (κ3) is 7.03. The fourth-order valence-corrected chi connectivity index (χ4v) is 3.98. The first-order valence-corrected chi connectivity index (χ1v) is 10.6. The van der Waals surface area contributed by atoms with Gasteiger partial charge in [-0.2, -0.15) is 0 Å². The Morgan fingerprint density at radius 1 is 1.27 bits per heavy atom. The third-order valence-electron chi connectivity index (χ3n) is 4.71. The van der Waals surface area contributed by atoms with E-state index >= 15 is 0 Å². The lowest BCUT2D eigenvalue weighted by atomic mass is 9.98. The number of hydrogen-bond donors (Lipinski definition) is 1. The molecule has 1 fully saturated rings. The Kier molecular flexibility index (Phi) is 9.32. The van der Waals surface area contributed by atoms with Gasteiger partial charge < -0.3 is 10.2 Å². The summed E-state index contributed by atoms with van der Waals surface area (Å²) in [6.07, 6.45) is 3.06. The van der Waals surface area contributed by atoms with Crippen LogP contribution in [0.4, 0.5) is 0 Å². The molecule has 0 spiro atoms. The zero-order valence-electron chi connectivity index (χ0n) is 16.1. The summed E-state index contributed by atoms with van der Waals surface area (Å²) in [5, 5.41) is 3.43. The van der Waals surface area contributed by atoms with Gasteiger partial charge in [-0.3, -0.25) is 4.99 Å². The van der Waals surface area contributed by atoms with Crippen molar-refractivity contribution in [3.8, 4) is 0 Å². The van der Waals surface area contributed by atoms with Gasteiger partial charge in [-0.05, 0) is 31.2 Å². The van der Waals surface area contributed by atoms with E-state index in [1.807, 2.05) is 7.05 Å². The maximum absolute atomic E-state index is 11.6. The van der Waals surface area contributed by atoms with Crippen molar-refractivity contribution in [2.75, 3.05) is 40.0 Å². The maximum Gasteiger partial charge on any atom is 0.211 e. The van der Waals surface area contributed by atoms with Crippen LogP contribution in [0.3, 0.4) is 0 Å². The number of rotatable bonds is 5. The van der Waals surface area contributed by atoms with E-state index in [0.717, 1.165) is 31.9 Å². The number of sulfonamides is 1. The summed E-state index contributed by atoms with van der Waals surface area (Å²) in [5.74, 6) is 1.34. The molecule has 0 saturated carbocycles. The number of halogens is 1. The molecule has 8 heteroatoms. The highest BCUT2D eigenvalue weighted by Gasteiger charge is 2.25. The van der Waals surface area contributed by atoms with Gasteiger partial charge in [0.05, 0.1) is 6.26 Å². The zero-order chi connectivity index (χ0) is 18.4. The summed E-state index contributed by atoms with van der Waals surface area (Å²) in [6, 6.07) is 8.52. The quantitative estimate of drug-likeness (QED) is 0.388. The van der Waals surface area contributed by atoms with Crippen molar-refractivity contribution < 1.29 is 8.42 Å². The Morgan fingerprint density at radius 3 is 2.35 bits per heavy atom. The van der Waals surface area contributed by atoms with E-state index in [9.17, 15) is 8.42 Å². The van der Waals surface area contributed by atoms with Crippen molar-refractivity contribution in [3.05, 3.63) is 35.4 Å². The largest absolute Gasteiger partial charge is 0.356 e. The fraction of sp³-hybridized carbons (Fsp3) is 0.611. The number of piperidine rings is 1. The minimum Gasteiger partial charge on any atom is -0.356 e. The number of hydrogen-bond acceptors (Lipinski definition) is 3. The minimum absolute atomic E-state index is 0. The van der Waals surface area contributed by atoms with E-state index < -0.39 is 10.0 Å². The lowest BCUT2D eigenvalue weighted by Crippen LogP contribution is -2.44. The number of aliphatic imine (C=N–C) groups is 1. The highest BCUT2D eigenvalue weighted by atomic mass is 127. The molecule has 6 nitrogen and oxygen atoms in total. The van der Waals surface area contributed by atoms with E-state index in [4.69, 9.17) is 0 Å². The highest BCUT2D eigenvalue weighted by molar-refractivity contribution is 14.0. The summed E-state index contributed by atoms with van der Waals surface area (Å²) in [4.78, 5) is 6.47. The molecular weight excluding hydrogens is 463 g/mol. The van der Waals surface area contributed by atoms with E-state index in [-0.39, 0.29) is 24.0 Å². The van der Waals surface area contributed by atoms with Gasteiger partial charge in [0.1, 0.15) is 0 Å². The Balaban J connectivity index is 0.00000338. The van der Waals surface area contributed by atoms with Gasteiger partial charge >= 0.3 is 0 Å². The standard InChI is InChI=1S/C18H30N4O2S.HI/c1-15-5-7-17(8-6-15)14-21(3)18(19-2)20-13-16-9-11-22(12-10-16)25(4,23)24;/h5-8,16H,9-14H2,1-4H3,(H,19,20);1H. The van der Waals surface area contributed by atoms with Gasteiger partial charge in [-0.1, -0.05) is 29.8 Å². The van der Waals surface area contributed by atoms with Crippen LogP contribution in [-0.2, 0) is 16.6 Å². The van der Waals surface area contributed by atoms with Crippen LogP contribution in [0, 0.1) is 12.8 Å². The monoisotopic (exact) mass is 494 g/mol. The van der Waals surface area contributed by atoms with Gasteiger partial charge in [0.2, 0.25) is 10.0 Å². The van der Waals surface area contributed by atoms with Crippen LogP contribution in [0.5, 0.6) is 0 Å². The lowest BCUT2D eigenvalue weighted by Gasteiger charge is -2.31. The molecule has 1 heterocycles. The molecule has 1 aromatic rings. The predicted molar refractivity (Wildman–Crippen MR) is 119 cm³/mol. The second-order valence-electron chi connectivity index (χ2n) is 6.88. The molecule has 0 atom stereocenters. The molecule has 0 unspecified atom stereocenters. The smallest absolute Gasteiger partial charge is 0.211 e. The number of aryl methyl sites for hydroxylation is 1. The van der Waals surface area contributed by atoms with Gasteiger partial charge in [0.15, 0.2) is 5.96 Å². The molecule has 2 rings (SSSR count). The molecule has 148 valence electrons. The Morgan fingerprint density at radius 2 is 1.85 bits per heavy atom. The number of guanidine groups is 1. The molecule has 26 heavy (non-hydrogen) atoms. The fourth-order valence-electron chi connectivity index (χ4n) is 3.11. The van der Waals surface area contributed by atoms with E-state index in [0.29, 0.717) is 19.0 Å². The van der Waals surface area contributed by atoms with Gasteiger partial charge in [-0.25, -0.2) is 12.7 Å². The SMILES string of the molecule is CN=C(NCC1CCN(S(C)(=O)=O)CC1)N(C)Cc1ccc(C)cc1.I. The Labute approximate surface area is 175 Å². The van der Waals surface area contributed by atoms with Crippen molar-refractivity contribution in [2.24, 2.45) is 10.9 Å². The van der Waals surface area contributed by atoms with E-state index in [1.165, 1.54) is 17.4 Å². The molecule has 1 aromatic carbocycles. The van der Waals surface area contributed by atoms with Crippen LogP contribution in [-0.4, -0.2) is 63.6 Å². The number of benzene rings is 1. The van der Waals surface area contributed by atoms with Crippen LogP contribution in [0.15, 0.2) is 29.3 Å². The van der Waals surface area contributed by atoms with E-state index in [2.05, 4.69) is 46.4 Å². The van der Waals surface area contributed by atoms with Crippen molar-refractivity contribution in [1.82, 2.24) is 14.5 Å². The number of nitrogens with zero attached hydrogens (tertiary/aromatic N) is 3. The predicted octanol–water partition coefficient (Wildman–Crippen LogP) is 2.29. The topological polar surface area (TPSA) is 65.0 Å². The van der Waals surface area contributed by atoms with Crippen molar-refractivity contribution in [3.63, 3.8) is 0 Å². The molecule has 0 aromatic heterocycles. The molecule has 1 aliphatic heterocycles. The summed E-state index contributed by atoms with van der Waals surface area (Å²) in [7, 11) is 0.766. The average Bonchev–Trinajstić information content (AvgIpc) is 2.57. The Hall–Kier alpha value is -0.870. The van der Waals surface area contributed by atoms with Crippen LogP contribution < -0.4 is 5.32 Å². The van der Waals surface area contributed by atoms with Crippen molar-refractivity contribution in [2.45, 2.75) is 26.3 Å². The lowest BCUT2D eigenvalue weighted by molar-refractivity contribution is 0.273. The first kappa shape index (κ1) is 23.2. The van der Waals surface area contributed by atoms with Crippen LogP contribution in [0.2, 0.25) is 0 Å². The molecule has 0 amide bonds. The molecule has 0 bridgehead atoms. The normalized spacial score (nSPS) is 16.8.